The van der Waals surface area contributed by atoms with Gasteiger partial charge in [0.05, 0.1) is 37.7 Å². The summed E-state index contributed by atoms with van der Waals surface area (Å²) in [6.45, 7) is 5.90. The Balaban J connectivity index is 1.85. The summed E-state index contributed by atoms with van der Waals surface area (Å²) >= 11 is 8.32. The van der Waals surface area contributed by atoms with E-state index in [0.29, 0.717) is 34.1 Å². The lowest BCUT2D eigenvalue weighted by atomic mass is 9.82. The number of nitrogens with two attached hydrogens (primary N) is 1. The van der Waals surface area contributed by atoms with E-state index in [1.54, 1.807) is 35.7 Å². The molecule has 2 aromatic heterocycles. The molecule has 1 saturated heterocycles. The van der Waals surface area contributed by atoms with Crippen LogP contribution in [0.5, 0.6) is 0 Å². The number of nitrogens with one attached hydrogen (secondary N) is 2. The molecule has 0 saturated carbocycles. The third-order valence-corrected chi connectivity index (χ3v) is 9.02. The van der Waals surface area contributed by atoms with Gasteiger partial charge in [-0.1, -0.05) is 37.6 Å². The lowest BCUT2D eigenvalue weighted by Gasteiger charge is -2.32. The quantitative estimate of drug-likeness (QED) is 0.436. The van der Waals surface area contributed by atoms with Gasteiger partial charge in [-0.05, 0) is 44.5 Å². The first-order valence-corrected chi connectivity index (χ1v) is 13.7. The van der Waals surface area contributed by atoms with Gasteiger partial charge in [-0.3, -0.25) is 4.72 Å². The number of anilines is 2. The number of rotatable bonds is 7. The molecular formula is C22H27ClN6O2S2. The molecule has 11 heteroatoms. The van der Waals surface area contributed by atoms with Crippen molar-refractivity contribution < 1.29 is 8.42 Å². The van der Waals surface area contributed by atoms with Crippen LogP contribution in [0.4, 0.5) is 11.6 Å². The van der Waals surface area contributed by atoms with Crippen LogP contribution in [0.2, 0.25) is 5.02 Å². The van der Waals surface area contributed by atoms with Crippen molar-refractivity contribution in [3.8, 4) is 21.8 Å². The maximum atomic E-state index is 12.4. The molecule has 1 fully saturated rings. The molecule has 0 unspecified atom stereocenters. The smallest absolute Gasteiger partial charge is 0.232 e. The molecule has 0 spiro atoms. The summed E-state index contributed by atoms with van der Waals surface area (Å²) in [7, 11) is -3.49. The monoisotopic (exact) mass is 506 g/mol. The van der Waals surface area contributed by atoms with E-state index in [4.69, 9.17) is 22.3 Å². The molecule has 0 radical (unpaired) electrons. The molecule has 0 amide bonds. The number of benzene rings is 1. The van der Waals surface area contributed by atoms with Gasteiger partial charge >= 0.3 is 0 Å². The molecule has 4 N–H and O–H groups in total. The zero-order valence-corrected chi connectivity index (χ0v) is 20.9. The predicted molar refractivity (Wildman–Crippen MR) is 135 cm³/mol. The van der Waals surface area contributed by atoms with E-state index in [2.05, 4.69) is 26.9 Å². The average Bonchev–Trinajstić information content (AvgIpc) is 3.22. The van der Waals surface area contributed by atoms with Gasteiger partial charge in [-0.25, -0.2) is 23.4 Å². The summed E-state index contributed by atoms with van der Waals surface area (Å²) in [6.07, 6.45) is 4.06. The van der Waals surface area contributed by atoms with E-state index in [-0.39, 0.29) is 17.1 Å². The molecule has 176 valence electrons. The van der Waals surface area contributed by atoms with Gasteiger partial charge < -0.3 is 11.1 Å². The van der Waals surface area contributed by atoms with Crippen LogP contribution >= 0.6 is 22.9 Å². The molecule has 3 heterocycles. The molecule has 8 nitrogen and oxygen atoms in total. The number of thiazole rings is 1. The summed E-state index contributed by atoms with van der Waals surface area (Å²) in [5.41, 5.74) is 8.08. The van der Waals surface area contributed by atoms with Crippen molar-refractivity contribution in [3.63, 3.8) is 0 Å². The normalized spacial score (nSPS) is 16.0. The third kappa shape index (κ3) is 5.13. The minimum atomic E-state index is -3.49. The van der Waals surface area contributed by atoms with Crippen LogP contribution in [-0.2, 0) is 15.4 Å². The highest BCUT2D eigenvalue weighted by atomic mass is 35.5. The highest BCUT2D eigenvalue weighted by Gasteiger charge is 2.34. The minimum Gasteiger partial charge on any atom is -0.368 e. The van der Waals surface area contributed by atoms with Crippen LogP contribution in [0.15, 0.2) is 30.5 Å². The first kappa shape index (κ1) is 23.9. The fourth-order valence-electron chi connectivity index (χ4n) is 3.91. The molecule has 33 heavy (non-hydrogen) atoms. The lowest BCUT2D eigenvalue weighted by molar-refractivity contribution is 0.334. The van der Waals surface area contributed by atoms with Crippen LogP contribution in [0.3, 0.4) is 0 Å². The molecule has 0 bridgehead atoms. The number of nitrogens with zero attached hydrogens (tertiary/aromatic N) is 3. The van der Waals surface area contributed by atoms with Gasteiger partial charge in [0.15, 0.2) is 0 Å². The van der Waals surface area contributed by atoms with Crippen LogP contribution in [0, 0.1) is 0 Å². The number of hydrogen-bond donors (Lipinski definition) is 3. The summed E-state index contributed by atoms with van der Waals surface area (Å²) in [4.78, 5) is 14.3. The van der Waals surface area contributed by atoms with E-state index in [0.717, 1.165) is 35.8 Å². The van der Waals surface area contributed by atoms with Crippen molar-refractivity contribution in [1.82, 2.24) is 20.3 Å². The zero-order valence-electron chi connectivity index (χ0n) is 18.6. The second-order valence-corrected chi connectivity index (χ2v) is 11.6. The molecule has 4 rings (SSSR count). The van der Waals surface area contributed by atoms with E-state index in [9.17, 15) is 8.42 Å². The Bertz CT molecular complexity index is 1260. The molecule has 1 aromatic carbocycles. The lowest BCUT2D eigenvalue weighted by Crippen LogP contribution is -2.37. The molecule has 3 aromatic rings. The third-order valence-electron chi connectivity index (χ3n) is 5.75. The molecule has 1 aliphatic heterocycles. The van der Waals surface area contributed by atoms with Crippen molar-refractivity contribution in [1.29, 1.82) is 0 Å². The van der Waals surface area contributed by atoms with Crippen molar-refractivity contribution in [2.75, 3.05) is 29.3 Å². The average molecular weight is 507 g/mol. The SMILES string of the molecule is CCCS(=O)(=O)Nc1cccc(-c2nc(C3(C)CCNCC3)sc2-c2ccnc(N)n2)c1Cl. The summed E-state index contributed by atoms with van der Waals surface area (Å²) in [5, 5.41) is 4.70. The van der Waals surface area contributed by atoms with Gasteiger partial charge in [0, 0.05) is 17.2 Å². The highest BCUT2D eigenvalue weighted by molar-refractivity contribution is 7.92. The fraction of sp³-hybridized carbons (Fsp3) is 0.409. The second kappa shape index (κ2) is 9.54. The number of piperidine rings is 1. The van der Waals surface area contributed by atoms with Crippen LogP contribution in [0.1, 0.15) is 38.1 Å². The van der Waals surface area contributed by atoms with Gasteiger partial charge in [-0.15, -0.1) is 11.3 Å². The summed E-state index contributed by atoms with van der Waals surface area (Å²) < 4.78 is 27.3. The van der Waals surface area contributed by atoms with E-state index in [1.165, 1.54) is 0 Å². The van der Waals surface area contributed by atoms with Gasteiger partial charge in [-0.2, -0.15) is 0 Å². The predicted octanol–water partition coefficient (Wildman–Crippen LogP) is 4.30. The Morgan fingerprint density at radius 2 is 2.00 bits per heavy atom. The van der Waals surface area contributed by atoms with E-state index < -0.39 is 10.0 Å². The molecular weight excluding hydrogens is 480 g/mol. The van der Waals surface area contributed by atoms with Crippen molar-refractivity contribution in [2.45, 2.75) is 38.5 Å². The minimum absolute atomic E-state index is 0.0201. The Morgan fingerprint density at radius 1 is 1.24 bits per heavy atom. The molecule has 0 aliphatic carbocycles. The van der Waals surface area contributed by atoms with Gasteiger partial charge in [0.25, 0.3) is 0 Å². The summed E-state index contributed by atoms with van der Waals surface area (Å²) in [5.74, 6) is 0.195. The number of halogens is 1. The topological polar surface area (TPSA) is 123 Å². The Labute approximate surface area is 203 Å². The number of aromatic nitrogens is 3. The highest BCUT2D eigenvalue weighted by Crippen LogP contribution is 2.45. The Kier molecular flexibility index (Phi) is 6.90. The first-order chi connectivity index (χ1) is 15.7. The Morgan fingerprint density at radius 3 is 2.70 bits per heavy atom. The van der Waals surface area contributed by atoms with Gasteiger partial charge in [0.1, 0.15) is 0 Å². The van der Waals surface area contributed by atoms with Gasteiger partial charge in [0.2, 0.25) is 16.0 Å². The van der Waals surface area contributed by atoms with Crippen LogP contribution in [0.25, 0.3) is 21.8 Å². The van der Waals surface area contributed by atoms with Crippen LogP contribution in [-0.4, -0.2) is 42.2 Å². The maximum Gasteiger partial charge on any atom is 0.232 e. The Hall–Kier alpha value is -2.27. The fourth-order valence-corrected chi connectivity index (χ4v) is 6.62. The standard InChI is InChI=1S/C22H27ClN6O2S2/c1-3-13-33(30,31)29-15-6-4-5-14(17(15)23)18-19(16-7-10-26-21(24)27-16)32-20(28-18)22(2)8-11-25-12-9-22/h4-7,10,25,29H,3,8-9,11-13H2,1-2H3,(H2,24,26,27). The van der Waals surface area contributed by atoms with E-state index in [1.807, 2.05) is 13.0 Å². The zero-order chi connectivity index (χ0) is 23.6. The number of hydrogen-bond acceptors (Lipinski definition) is 8. The number of nitrogen functional groups attached to an aromatic ring is 1. The van der Waals surface area contributed by atoms with E-state index >= 15 is 0 Å². The van der Waals surface area contributed by atoms with Crippen molar-refractivity contribution in [2.24, 2.45) is 0 Å². The second-order valence-electron chi connectivity index (χ2n) is 8.40. The summed E-state index contributed by atoms with van der Waals surface area (Å²) in [6, 6.07) is 7.07. The maximum absolute atomic E-state index is 12.4. The first-order valence-electron chi connectivity index (χ1n) is 10.8. The van der Waals surface area contributed by atoms with Crippen molar-refractivity contribution in [3.05, 3.63) is 40.5 Å². The van der Waals surface area contributed by atoms with Crippen molar-refractivity contribution >= 4 is 44.6 Å². The largest absolute Gasteiger partial charge is 0.368 e. The number of sulfonamides is 1. The molecule has 1 aliphatic rings. The molecule has 0 atom stereocenters. The van der Waals surface area contributed by atoms with Crippen LogP contribution < -0.4 is 15.8 Å².